The molecule has 2 heterocycles. The highest BCUT2D eigenvalue weighted by atomic mass is 19.1. The van der Waals surface area contributed by atoms with Crippen LogP contribution < -0.4 is 9.80 Å². The van der Waals surface area contributed by atoms with Gasteiger partial charge < -0.3 is 14.3 Å². The number of anilines is 2. The van der Waals surface area contributed by atoms with Crippen molar-refractivity contribution in [3.05, 3.63) is 76.6 Å². The molecule has 0 amide bonds. The van der Waals surface area contributed by atoms with Gasteiger partial charge in [0.1, 0.15) is 0 Å². The predicted octanol–water partition coefficient (Wildman–Crippen LogP) is 4.26. The summed E-state index contributed by atoms with van der Waals surface area (Å²) in [6, 6.07) is 18.2. The molecule has 0 N–H and O–H groups in total. The number of piperazine rings is 1. The van der Waals surface area contributed by atoms with Crippen LogP contribution in [0.15, 0.2) is 65.2 Å². The number of hydrogen-bond donors (Lipinski definition) is 0. The first-order chi connectivity index (χ1) is 15.1. The molecule has 1 saturated heterocycles. The minimum absolute atomic E-state index is 0.257. The van der Waals surface area contributed by atoms with Crippen LogP contribution in [-0.4, -0.2) is 41.2 Å². The average Bonchev–Trinajstić information content (AvgIpc) is 3.29. The van der Waals surface area contributed by atoms with E-state index < -0.39 is 10.7 Å². The van der Waals surface area contributed by atoms with Gasteiger partial charge in [-0.25, -0.2) is 4.39 Å². The molecule has 3 aromatic carbocycles. The first kappa shape index (κ1) is 19.0. The van der Waals surface area contributed by atoms with Crippen LogP contribution in [0.1, 0.15) is 0 Å². The fraction of sp³-hybridized carbons (Fsp3) is 0.182. The molecule has 0 bridgehead atoms. The van der Waals surface area contributed by atoms with Crippen molar-refractivity contribution in [2.75, 3.05) is 36.0 Å². The molecule has 1 aliphatic heterocycles. The summed E-state index contributed by atoms with van der Waals surface area (Å²) in [6.45, 7) is 2.19. The van der Waals surface area contributed by atoms with E-state index in [1.54, 1.807) is 0 Å². The molecule has 0 aliphatic carbocycles. The number of aromatic nitrogens is 2. The number of fused-ring (bicyclic) bond motifs is 1. The van der Waals surface area contributed by atoms with Crippen LogP contribution in [0.25, 0.3) is 22.2 Å². The Morgan fingerprint density at radius 3 is 2.42 bits per heavy atom. The molecule has 1 aromatic heterocycles. The maximum Gasteiger partial charge on any atom is 0.324 e. The van der Waals surface area contributed by atoms with Crippen LogP contribution >= 0.6 is 0 Å². The highest BCUT2D eigenvalue weighted by Crippen LogP contribution is 2.27. The number of nitro groups is 1. The van der Waals surface area contributed by atoms with Gasteiger partial charge in [0.2, 0.25) is 5.82 Å². The van der Waals surface area contributed by atoms with Gasteiger partial charge >= 0.3 is 6.01 Å². The fourth-order valence-corrected chi connectivity index (χ4v) is 3.79. The Morgan fingerprint density at radius 2 is 1.68 bits per heavy atom. The van der Waals surface area contributed by atoms with Crippen molar-refractivity contribution in [3.8, 4) is 11.4 Å². The lowest BCUT2D eigenvalue weighted by Crippen LogP contribution is -2.47. The van der Waals surface area contributed by atoms with E-state index in [-0.39, 0.29) is 5.69 Å². The van der Waals surface area contributed by atoms with E-state index in [2.05, 4.69) is 10.1 Å². The van der Waals surface area contributed by atoms with E-state index in [0.717, 1.165) is 22.4 Å². The molecule has 1 fully saturated rings. The van der Waals surface area contributed by atoms with E-state index in [9.17, 15) is 14.5 Å². The third kappa shape index (κ3) is 3.65. The van der Waals surface area contributed by atoms with Gasteiger partial charge in [-0.1, -0.05) is 41.6 Å². The maximum absolute atomic E-state index is 14.3. The Kier molecular flexibility index (Phi) is 4.70. The summed E-state index contributed by atoms with van der Waals surface area (Å²) in [7, 11) is 0. The minimum atomic E-state index is -0.604. The zero-order valence-electron chi connectivity index (χ0n) is 16.4. The molecular formula is C22H18FN5O3. The lowest BCUT2D eigenvalue weighted by atomic mass is 10.1. The van der Waals surface area contributed by atoms with Crippen LogP contribution in [0.2, 0.25) is 0 Å². The summed E-state index contributed by atoms with van der Waals surface area (Å²) >= 11 is 0. The van der Waals surface area contributed by atoms with Gasteiger partial charge in [0.25, 0.3) is 5.69 Å². The quantitative estimate of drug-likeness (QED) is 0.361. The number of nitrogens with zero attached hydrogens (tertiary/aromatic N) is 5. The summed E-state index contributed by atoms with van der Waals surface area (Å²) in [5.41, 5.74) is 0.972. The van der Waals surface area contributed by atoms with Crippen molar-refractivity contribution >= 4 is 28.2 Å². The summed E-state index contributed by atoms with van der Waals surface area (Å²) < 4.78 is 19.8. The molecule has 0 unspecified atom stereocenters. The topological polar surface area (TPSA) is 88.5 Å². The normalized spacial score (nSPS) is 14.2. The Balaban J connectivity index is 1.29. The molecule has 31 heavy (non-hydrogen) atoms. The molecule has 5 rings (SSSR count). The van der Waals surface area contributed by atoms with Gasteiger partial charge in [-0.2, -0.15) is 4.98 Å². The van der Waals surface area contributed by atoms with Crippen LogP contribution in [0.4, 0.5) is 21.8 Å². The first-order valence-corrected chi connectivity index (χ1v) is 9.85. The van der Waals surface area contributed by atoms with Crippen LogP contribution in [0, 0.1) is 15.9 Å². The summed E-state index contributed by atoms with van der Waals surface area (Å²) in [5.74, 6) is -0.0800. The second kappa shape index (κ2) is 7.67. The Hall–Kier alpha value is -4.01. The minimum Gasteiger partial charge on any atom is -0.366 e. The largest absolute Gasteiger partial charge is 0.366 e. The summed E-state index contributed by atoms with van der Waals surface area (Å²) in [5, 5.41) is 17.2. The average molecular weight is 419 g/mol. The van der Waals surface area contributed by atoms with Crippen molar-refractivity contribution in [1.29, 1.82) is 0 Å². The van der Waals surface area contributed by atoms with Crippen LogP contribution in [0.5, 0.6) is 0 Å². The number of benzene rings is 3. The van der Waals surface area contributed by atoms with Gasteiger partial charge in [0, 0.05) is 37.8 Å². The third-order valence-electron chi connectivity index (χ3n) is 5.46. The smallest absolute Gasteiger partial charge is 0.324 e. The van der Waals surface area contributed by atoms with Gasteiger partial charge in [-0.3, -0.25) is 10.1 Å². The van der Waals surface area contributed by atoms with Crippen molar-refractivity contribution in [3.63, 3.8) is 0 Å². The molecule has 8 nitrogen and oxygen atoms in total. The summed E-state index contributed by atoms with van der Waals surface area (Å²) in [6.07, 6.45) is 0. The number of non-ortho nitro benzene ring substituents is 1. The lowest BCUT2D eigenvalue weighted by molar-refractivity contribution is -0.385. The van der Waals surface area contributed by atoms with Gasteiger partial charge in [0.05, 0.1) is 16.7 Å². The van der Waals surface area contributed by atoms with E-state index in [1.807, 2.05) is 52.3 Å². The SMILES string of the molecule is O=[N+]([O-])c1ccc(N2CCN(c3nc(-c4ccc5ccccc5c4)no3)CC2)c(F)c1. The van der Waals surface area contributed by atoms with E-state index in [1.165, 1.54) is 12.1 Å². The van der Waals surface area contributed by atoms with Crippen LogP contribution in [-0.2, 0) is 0 Å². The monoisotopic (exact) mass is 419 g/mol. The predicted molar refractivity (Wildman–Crippen MR) is 115 cm³/mol. The number of rotatable bonds is 4. The first-order valence-electron chi connectivity index (χ1n) is 9.85. The number of nitro benzene ring substituents is 1. The lowest BCUT2D eigenvalue weighted by Gasteiger charge is -2.35. The Bertz CT molecular complexity index is 1270. The van der Waals surface area contributed by atoms with Crippen molar-refractivity contribution in [2.45, 2.75) is 0 Å². The van der Waals surface area contributed by atoms with E-state index in [4.69, 9.17) is 4.52 Å². The molecule has 0 spiro atoms. The number of halogens is 1. The summed E-state index contributed by atoms with van der Waals surface area (Å²) in [4.78, 5) is 18.6. The molecule has 1 aliphatic rings. The second-order valence-corrected chi connectivity index (χ2v) is 7.33. The Labute approximate surface area is 176 Å². The van der Waals surface area contributed by atoms with E-state index in [0.29, 0.717) is 43.7 Å². The highest BCUT2D eigenvalue weighted by molar-refractivity contribution is 5.86. The van der Waals surface area contributed by atoms with E-state index >= 15 is 0 Å². The highest BCUT2D eigenvalue weighted by Gasteiger charge is 2.24. The molecule has 156 valence electrons. The van der Waals surface area contributed by atoms with Crippen molar-refractivity contribution < 1.29 is 13.8 Å². The van der Waals surface area contributed by atoms with Gasteiger partial charge in [-0.05, 0) is 22.9 Å². The zero-order valence-corrected chi connectivity index (χ0v) is 16.4. The fourth-order valence-electron chi connectivity index (χ4n) is 3.79. The molecule has 0 radical (unpaired) electrons. The molecule has 0 atom stereocenters. The van der Waals surface area contributed by atoms with Crippen LogP contribution in [0.3, 0.4) is 0 Å². The van der Waals surface area contributed by atoms with Crippen molar-refractivity contribution in [1.82, 2.24) is 10.1 Å². The standard InChI is InChI=1S/C22H18FN5O3/c23-19-14-18(28(29)30)7-8-20(19)26-9-11-27(12-10-26)22-24-21(25-31-22)17-6-5-15-3-1-2-4-16(15)13-17/h1-8,13-14H,9-12H2. The van der Waals surface area contributed by atoms with Crippen molar-refractivity contribution in [2.24, 2.45) is 0 Å². The Morgan fingerprint density at radius 1 is 0.935 bits per heavy atom. The third-order valence-corrected chi connectivity index (χ3v) is 5.46. The second-order valence-electron chi connectivity index (χ2n) is 7.33. The molecule has 4 aromatic rings. The zero-order chi connectivity index (χ0) is 21.4. The number of hydrogen-bond acceptors (Lipinski definition) is 7. The van der Waals surface area contributed by atoms with Gasteiger partial charge in [0.15, 0.2) is 5.82 Å². The van der Waals surface area contributed by atoms with Gasteiger partial charge in [-0.15, -0.1) is 0 Å². The maximum atomic E-state index is 14.3. The molecule has 0 saturated carbocycles. The molecule has 9 heteroatoms. The molecular weight excluding hydrogens is 401 g/mol.